The maximum Gasteiger partial charge on any atom is 0.290 e. The van der Waals surface area contributed by atoms with Crippen LogP contribution in [0.4, 0.5) is 0 Å². The highest BCUT2D eigenvalue weighted by atomic mass is 79.9. The number of hydrogen-bond donors (Lipinski definition) is 0. The topological polar surface area (TPSA) is 78.2 Å². The Morgan fingerprint density at radius 3 is 2.25 bits per heavy atom. The van der Waals surface area contributed by atoms with Crippen molar-refractivity contribution in [2.45, 2.75) is 12.5 Å². The van der Waals surface area contributed by atoms with Gasteiger partial charge in [-0.1, -0.05) is 46.3 Å². The lowest BCUT2D eigenvalue weighted by atomic mass is 9.97. The smallest absolute Gasteiger partial charge is 0.290 e. The normalized spacial score (nSPS) is 14.7. The third kappa shape index (κ3) is 4.01. The number of ether oxygens (including phenoxy) is 3. The molecule has 0 radical (unpaired) electrons. The first-order chi connectivity index (χ1) is 17.5. The lowest BCUT2D eigenvalue weighted by Gasteiger charge is -2.26. The van der Waals surface area contributed by atoms with Gasteiger partial charge in [-0.05, 0) is 47.9 Å². The average molecular weight is 550 g/mol. The van der Waals surface area contributed by atoms with Crippen LogP contribution in [-0.4, -0.2) is 38.7 Å². The molecule has 1 aliphatic heterocycles. The molecule has 184 valence electrons. The number of nitrogens with zero attached hydrogens (tertiary/aromatic N) is 1. The van der Waals surface area contributed by atoms with E-state index >= 15 is 0 Å². The largest absolute Gasteiger partial charge is 0.493 e. The number of fused-ring (bicyclic) bond motifs is 2. The van der Waals surface area contributed by atoms with Crippen molar-refractivity contribution in [3.05, 3.63) is 97.8 Å². The zero-order valence-corrected chi connectivity index (χ0v) is 21.6. The number of benzene rings is 3. The van der Waals surface area contributed by atoms with Crippen LogP contribution >= 0.6 is 15.9 Å². The molecule has 7 nitrogen and oxygen atoms in total. The van der Waals surface area contributed by atoms with Crippen LogP contribution in [0.3, 0.4) is 0 Å². The summed E-state index contributed by atoms with van der Waals surface area (Å²) in [5.74, 6) is 1.02. The number of methoxy groups -OCH3 is 3. The van der Waals surface area contributed by atoms with Gasteiger partial charge in [0.2, 0.25) is 11.5 Å². The van der Waals surface area contributed by atoms with E-state index in [1.165, 1.54) is 21.3 Å². The van der Waals surface area contributed by atoms with E-state index in [1.807, 2.05) is 30.3 Å². The Hall–Kier alpha value is -3.78. The zero-order chi connectivity index (χ0) is 25.4. The van der Waals surface area contributed by atoms with Gasteiger partial charge >= 0.3 is 0 Å². The number of rotatable bonds is 7. The van der Waals surface area contributed by atoms with Crippen molar-refractivity contribution in [3.8, 4) is 17.2 Å². The minimum atomic E-state index is -0.690. The molecular formula is C28H24BrNO6. The summed E-state index contributed by atoms with van der Waals surface area (Å²) in [5.41, 5.74) is 2.16. The van der Waals surface area contributed by atoms with Crippen molar-refractivity contribution in [2.75, 3.05) is 27.9 Å². The molecule has 4 aromatic rings. The standard InChI is InChI=1S/C28H24BrNO6/c1-33-21-13-17(14-22(34-2)26(21)35-3)24-23-25(31)19-15-18(29)9-10-20(19)36-27(23)28(32)30(24)12-11-16-7-5-4-6-8-16/h4-10,13-15,24H,11-12H2,1-3H3. The summed E-state index contributed by atoms with van der Waals surface area (Å²) < 4.78 is 23.4. The molecule has 0 spiro atoms. The van der Waals surface area contributed by atoms with Crippen LogP contribution in [0.15, 0.2) is 74.3 Å². The van der Waals surface area contributed by atoms with Crippen molar-refractivity contribution in [1.82, 2.24) is 4.90 Å². The van der Waals surface area contributed by atoms with Gasteiger partial charge in [0.05, 0.1) is 38.3 Å². The molecule has 0 aliphatic carbocycles. The second kappa shape index (κ2) is 9.70. The Balaban J connectivity index is 1.71. The molecule has 0 N–H and O–H groups in total. The van der Waals surface area contributed by atoms with Gasteiger partial charge < -0.3 is 23.5 Å². The first-order valence-electron chi connectivity index (χ1n) is 11.4. The Morgan fingerprint density at radius 1 is 0.917 bits per heavy atom. The lowest BCUT2D eigenvalue weighted by molar-refractivity contribution is 0.0729. The highest BCUT2D eigenvalue weighted by Crippen LogP contribution is 2.45. The first-order valence-corrected chi connectivity index (χ1v) is 12.2. The molecule has 0 bridgehead atoms. The second-order valence-electron chi connectivity index (χ2n) is 8.41. The van der Waals surface area contributed by atoms with Gasteiger partial charge in [-0.25, -0.2) is 0 Å². The van der Waals surface area contributed by atoms with Gasteiger partial charge in [-0.2, -0.15) is 0 Å². The summed E-state index contributed by atoms with van der Waals surface area (Å²) in [5, 5.41) is 0.401. The number of carbonyl (C=O) groups excluding carboxylic acids is 1. The van der Waals surface area contributed by atoms with Crippen LogP contribution in [0, 0.1) is 0 Å². The summed E-state index contributed by atoms with van der Waals surface area (Å²) in [7, 11) is 4.59. The van der Waals surface area contributed by atoms with Gasteiger partial charge in [-0.3, -0.25) is 9.59 Å². The van der Waals surface area contributed by atoms with Crippen molar-refractivity contribution in [1.29, 1.82) is 0 Å². The minimum absolute atomic E-state index is 0.0571. The third-order valence-electron chi connectivity index (χ3n) is 6.41. The molecule has 1 aromatic heterocycles. The van der Waals surface area contributed by atoms with Crippen molar-refractivity contribution < 1.29 is 23.4 Å². The summed E-state index contributed by atoms with van der Waals surface area (Å²) in [6.45, 7) is 0.383. The van der Waals surface area contributed by atoms with Crippen LogP contribution in [0.1, 0.15) is 33.3 Å². The number of halogens is 1. The predicted molar refractivity (Wildman–Crippen MR) is 139 cm³/mol. The quantitative estimate of drug-likeness (QED) is 0.308. The van der Waals surface area contributed by atoms with Crippen LogP contribution in [-0.2, 0) is 6.42 Å². The number of amides is 1. The fourth-order valence-electron chi connectivity index (χ4n) is 4.72. The molecule has 0 fully saturated rings. The fourth-order valence-corrected chi connectivity index (χ4v) is 5.08. The van der Waals surface area contributed by atoms with Crippen LogP contribution in [0.5, 0.6) is 17.2 Å². The van der Waals surface area contributed by atoms with E-state index in [4.69, 9.17) is 18.6 Å². The number of carbonyl (C=O) groups is 1. The average Bonchev–Trinajstić information content (AvgIpc) is 3.19. The van der Waals surface area contributed by atoms with E-state index in [2.05, 4.69) is 15.9 Å². The van der Waals surface area contributed by atoms with Crippen molar-refractivity contribution >= 4 is 32.8 Å². The summed E-state index contributed by atoms with van der Waals surface area (Å²) in [6.07, 6.45) is 0.612. The molecule has 3 aromatic carbocycles. The van der Waals surface area contributed by atoms with E-state index < -0.39 is 6.04 Å². The van der Waals surface area contributed by atoms with Crippen molar-refractivity contribution in [3.63, 3.8) is 0 Å². The van der Waals surface area contributed by atoms with Gasteiger partial charge in [0.1, 0.15) is 5.58 Å². The molecule has 8 heteroatoms. The zero-order valence-electron chi connectivity index (χ0n) is 20.0. The van der Waals surface area contributed by atoms with Crippen LogP contribution in [0.2, 0.25) is 0 Å². The van der Waals surface area contributed by atoms with Crippen LogP contribution in [0.25, 0.3) is 11.0 Å². The molecule has 0 saturated heterocycles. The Morgan fingerprint density at radius 2 is 1.61 bits per heavy atom. The Labute approximate surface area is 216 Å². The molecule has 1 aliphatic rings. The van der Waals surface area contributed by atoms with E-state index in [-0.39, 0.29) is 17.1 Å². The van der Waals surface area contributed by atoms with E-state index in [0.29, 0.717) is 52.3 Å². The fraction of sp³-hybridized carbons (Fsp3) is 0.214. The molecular weight excluding hydrogens is 526 g/mol. The Bertz CT molecular complexity index is 1490. The van der Waals surface area contributed by atoms with E-state index in [9.17, 15) is 9.59 Å². The number of hydrogen-bond acceptors (Lipinski definition) is 6. The van der Waals surface area contributed by atoms with Gasteiger partial charge in [0.15, 0.2) is 16.9 Å². The highest BCUT2D eigenvalue weighted by Gasteiger charge is 2.43. The molecule has 1 atom stereocenters. The molecule has 36 heavy (non-hydrogen) atoms. The summed E-state index contributed by atoms with van der Waals surface area (Å²) >= 11 is 3.43. The van der Waals surface area contributed by atoms with Gasteiger partial charge in [-0.15, -0.1) is 0 Å². The maximum atomic E-state index is 13.8. The molecule has 1 unspecified atom stereocenters. The predicted octanol–water partition coefficient (Wildman–Crippen LogP) is 5.37. The van der Waals surface area contributed by atoms with E-state index in [0.717, 1.165) is 10.0 Å². The summed E-state index contributed by atoms with van der Waals surface area (Å²) in [4.78, 5) is 29.2. The highest BCUT2D eigenvalue weighted by molar-refractivity contribution is 9.10. The van der Waals surface area contributed by atoms with E-state index in [1.54, 1.807) is 35.2 Å². The monoisotopic (exact) mass is 549 g/mol. The van der Waals surface area contributed by atoms with Gasteiger partial charge in [0, 0.05) is 11.0 Å². The van der Waals surface area contributed by atoms with Crippen molar-refractivity contribution in [2.24, 2.45) is 0 Å². The molecule has 0 saturated carbocycles. The lowest BCUT2D eigenvalue weighted by Crippen LogP contribution is -2.31. The third-order valence-corrected chi connectivity index (χ3v) is 6.91. The first kappa shape index (κ1) is 23.9. The maximum absolute atomic E-state index is 13.8. The Kier molecular flexibility index (Phi) is 6.45. The molecule has 2 heterocycles. The summed E-state index contributed by atoms with van der Waals surface area (Å²) in [6, 6.07) is 17.9. The second-order valence-corrected chi connectivity index (χ2v) is 9.33. The molecule has 1 amide bonds. The molecule has 5 rings (SSSR count). The van der Waals surface area contributed by atoms with Crippen LogP contribution < -0.4 is 19.6 Å². The minimum Gasteiger partial charge on any atom is -0.493 e. The SMILES string of the molecule is COc1cc(C2c3c(oc4ccc(Br)cc4c3=O)C(=O)N2CCc2ccccc2)cc(OC)c1OC. The van der Waals surface area contributed by atoms with Gasteiger partial charge in [0.25, 0.3) is 5.91 Å².